The molecular formula is C27H31Cl3Ti. The van der Waals surface area contributed by atoms with Gasteiger partial charge in [0.2, 0.25) is 0 Å². The minimum absolute atomic E-state index is 0. The van der Waals surface area contributed by atoms with Gasteiger partial charge in [0, 0.05) is 5.41 Å². The molecule has 0 amide bonds. The summed E-state index contributed by atoms with van der Waals surface area (Å²) < 4.78 is 0. The summed E-state index contributed by atoms with van der Waals surface area (Å²) >= 11 is 0. The molecule has 4 rings (SSSR count). The molecule has 0 aromatic heterocycles. The first kappa shape index (κ1) is 30.5. The fourth-order valence-corrected chi connectivity index (χ4v) is 6.02. The zero-order valence-corrected chi connectivity index (χ0v) is 22.4. The number of hydrogen-bond donors (Lipinski definition) is 0. The Bertz CT molecular complexity index is 800. The van der Waals surface area contributed by atoms with Crippen molar-refractivity contribution in [1.29, 1.82) is 0 Å². The van der Waals surface area contributed by atoms with Gasteiger partial charge in [-0.1, -0.05) is 107 Å². The van der Waals surface area contributed by atoms with E-state index in [1.54, 1.807) is 0 Å². The molecule has 0 N–H and O–H groups in total. The van der Waals surface area contributed by atoms with E-state index in [0.717, 1.165) is 0 Å². The van der Waals surface area contributed by atoms with Gasteiger partial charge in [0.1, 0.15) is 0 Å². The van der Waals surface area contributed by atoms with Crippen molar-refractivity contribution in [2.45, 2.75) is 33.1 Å². The largest absolute Gasteiger partial charge is 4.00 e. The molecule has 4 unspecified atom stereocenters. The normalized spacial score (nSPS) is 24.0. The van der Waals surface area contributed by atoms with Gasteiger partial charge in [-0.15, -0.1) is 12.0 Å². The number of fused-ring (bicyclic) bond motifs is 1. The van der Waals surface area contributed by atoms with Crippen molar-refractivity contribution in [3.63, 3.8) is 0 Å². The molecule has 0 spiro atoms. The molecule has 31 heavy (non-hydrogen) atoms. The summed E-state index contributed by atoms with van der Waals surface area (Å²) in [5.41, 5.74) is 2.90. The average Bonchev–Trinajstić information content (AvgIpc) is 3.00. The quantitative estimate of drug-likeness (QED) is 0.327. The summed E-state index contributed by atoms with van der Waals surface area (Å²) in [5.74, 6) is 2.16. The third-order valence-corrected chi connectivity index (χ3v) is 6.87. The van der Waals surface area contributed by atoms with Gasteiger partial charge in [0.25, 0.3) is 0 Å². The molecule has 2 aromatic rings. The van der Waals surface area contributed by atoms with Crippen molar-refractivity contribution in [1.82, 2.24) is 0 Å². The van der Waals surface area contributed by atoms with E-state index in [9.17, 15) is 0 Å². The Balaban J connectivity index is 0.00000225. The van der Waals surface area contributed by atoms with Crippen molar-refractivity contribution in [2.24, 2.45) is 29.1 Å². The summed E-state index contributed by atoms with van der Waals surface area (Å²) in [6.07, 6.45) is 11.9. The number of benzene rings is 2. The molecule has 2 aliphatic carbocycles. The maximum Gasteiger partial charge on any atom is 4.00 e. The molecule has 0 heterocycles. The second-order valence-corrected chi connectivity index (χ2v) is 9.29. The Hall–Kier alpha value is -0.496. The van der Waals surface area contributed by atoms with Gasteiger partial charge in [0.15, 0.2) is 0 Å². The Labute approximate surface area is 222 Å². The van der Waals surface area contributed by atoms with Crippen molar-refractivity contribution in [3.8, 4) is 0 Å². The van der Waals surface area contributed by atoms with Crippen LogP contribution in [-0.2, 0) is 27.1 Å². The van der Waals surface area contributed by atoms with Crippen LogP contribution in [0.4, 0.5) is 0 Å². The van der Waals surface area contributed by atoms with Gasteiger partial charge >= 0.3 is 21.7 Å². The van der Waals surface area contributed by atoms with Crippen LogP contribution in [0.3, 0.4) is 0 Å². The smallest absolute Gasteiger partial charge is 1.00 e. The van der Waals surface area contributed by atoms with Gasteiger partial charge in [-0.05, 0) is 28.4 Å². The second kappa shape index (κ2) is 12.1. The first-order valence-electron chi connectivity index (χ1n) is 10.3. The summed E-state index contributed by atoms with van der Waals surface area (Å²) in [7, 11) is 0. The third kappa shape index (κ3) is 5.20. The number of halogens is 3. The van der Waals surface area contributed by atoms with Gasteiger partial charge in [-0.3, -0.25) is 0 Å². The Morgan fingerprint density at radius 3 is 1.61 bits per heavy atom. The van der Waals surface area contributed by atoms with E-state index in [0.29, 0.717) is 23.7 Å². The van der Waals surface area contributed by atoms with Crippen LogP contribution in [-0.4, -0.2) is 0 Å². The van der Waals surface area contributed by atoms with E-state index in [-0.39, 0.29) is 69.8 Å². The Morgan fingerprint density at radius 2 is 1.16 bits per heavy atom. The van der Waals surface area contributed by atoms with Gasteiger partial charge in [-0.2, -0.15) is 5.92 Å². The second-order valence-electron chi connectivity index (χ2n) is 9.29. The molecule has 4 atom stereocenters. The van der Waals surface area contributed by atoms with Gasteiger partial charge < -0.3 is 43.6 Å². The fraction of sp³-hybridized carbons (Fsp3) is 0.370. The fourth-order valence-electron chi connectivity index (χ4n) is 6.02. The van der Waals surface area contributed by atoms with Crippen LogP contribution in [0, 0.1) is 35.5 Å². The van der Waals surface area contributed by atoms with Crippen LogP contribution >= 0.6 is 0 Å². The molecule has 0 aliphatic heterocycles. The van der Waals surface area contributed by atoms with E-state index in [4.69, 9.17) is 0 Å². The van der Waals surface area contributed by atoms with Crippen LogP contribution < -0.4 is 37.2 Å². The van der Waals surface area contributed by atoms with Crippen LogP contribution in [0.15, 0.2) is 85.0 Å². The van der Waals surface area contributed by atoms with E-state index in [2.05, 4.69) is 119 Å². The van der Waals surface area contributed by atoms with Crippen molar-refractivity contribution >= 4 is 0 Å². The van der Waals surface area contributed by atoms with Crippen LogP contribution in [0.25, 0.3) is 0 Å². The zero-order valence-electron chi connectivity index (χ0n) is 18.6. The van der Waals surface area contributed by atoms with E-state index >= 15 is 0 Å². The molecule has 2 aliphatic rings. The Morgan fingerprint density at radius 1 is 0.710 bits per heavy atom. The molecule has 4 heteroatoms. The molecule has 0 bridgehead atoms. The minimum atomic E-state index is -0.0552. The predicted molar refractivity (Wildman–Crippen MR) is 115 cm³/mol. The number of allylic oxidation sites excluding steroid dienone is 4. The first-order valence-corrected chi connectivity index (χ1v) is 10.3. The van der Waals surface area contributed by atoms with E-state index < -0.39 is 0 Å². The van der Waals surface area contributed by atoms with Gasteiger partial charge in [-0.25, -0.2) is 0 Å². The van der Waals surface area contributed by atoms with Crippen molar-refractivity contribution < 1.29 is 58.9 Å². The van der Waals surface area contributed by atoms with Crippen LogP contribution in [0.2, 0.25) is 0 Å². The third-order valence-electron chi connectivity index (χ3n) is 6.87. The minimum Gasteiger partial charge on any atom is -1.00 e. The zero-order chi connectivity index (χ0) is 19.1. The molecular weight excluding hydrogens is 479 g/mol. The predicted octanol–water partition coefficient (Wildman–Crippen LogP) is -2.14. The molecule has 0 nitrogen and oxygen atoms in total. The SMILES string of the molecule is CC1[CH-]C2C=CC=CC2C1C(c1ccccc1)(c1ccccc1)C(C)(C)C.[Cl-].[Cl-].[Cl-].[Ti+4]. The molecule has 164 valence electrons. The molecule has 2 aromatic carbocycles. The molecule has 0 radical (unpaired) electrons. The Kier molecular flexibility index (Phi) is 11.9. The standard InChI is InChI=1S/C27H31.3ClH.Ti/c1-20-19-21-13-11-12-18-24(21)25(20)27(26(2,3)4,22-14-7-5-8-15-22)23-16-9-6-10-17-23;;;;/h5-21,24-25H,1-4H3;3*1H;/q-1;;;;+4/p-3. The maximum absolute atomic E-state index is 2.59. The van der Waals surface area contributed by atoms with Gasteiger partial charge in [0.05, 0.1) is 0 Å². The first-order chi connectivity index (χ1) is 13.0. The number of rotatable bonds is 3. The summed E-state index contributed by atoms with van der Waals surface area (Å²) in [5, 5.41) is 0. The monoisotopic (exact) mass is 508 g/mol. The molecule has 0 saturated heterocycles. The van der Waals surface area contributed by atoms with Crippen LogP contribution in [0.5, 0.6) is 0 Å². The number of hydrogen-bond acceptors (Lipinski definition) is 0. The topological polar surface area (TPSA) is 0 Å². The van der Waals surface area contributed by atoms with Crippen molar-refractivity contribution in [2.75, 3.05) is 0 Å². The van der Waals surface area contributed by atoms with E-state index in [1.807, 2.05) is 0 Å². The van der Waals surface area contributed by atoms with Crippen LogP contribution in [0.1, 0.15) is 38.8 Å². The summed E-state index contributed by atoms with van der Waals surface area (Å²) in [4.78, 5) is 0. The summed E-state index contributed by atoms with van der Waals surface area (Å²) in [6.45, 7) is 9.71. The van der Waals surface area contributed by atoms with E-state index in [1.165, 1.54) is 11.1 Å². The van der Waals surface area contributed by atoms with Crippen molar-refractivity contribution in [3.05, 3.63) is 103 Å². The molecule has 1 fully saturated rings. The average molecular weight is 510 g/mol. The summed E-state index contributed by atoms with van der Waals surface area (Å²) in [6, 6.07) is 22.5. The molecule has 1 saturated carbocycles. The maximum atomic E-state index is 2.59.